The van der Waals surface area contributed by atoms with Crippen LogP contribution >= 0.6 is 11.6 Å². The van der Waals surface area contributed by atoms with Crippen LogP contribution in [-0.2, 0) is 12.0 Å². The second-order valence-electron chi connectivity index (χ2n) is 4.50. The first-order valence-electron chi connectivity index (χ1n) is 5.60. The number of nitrogens with zero attached hydrogens (tertiary/aromatic N) is 2. The summed E-state index contributed by atoms with van der Waals surface area (Å²) in [5.41, 5.74) is 9.08. The highest BCUT2D eigenvalue weighted by molar-refractivity contribution is 6.30. The van der Waals surface area contributed by atoms with Crippen molar-refractivity contribution in [1.82, 2.24) is 9.38 Å². The summed E-state index contributed by atoms with van der Waals surface area (Å²) < 4.78 is 1.91. The fourth-order valence-electron chi connectivity index (χ4n) is 2.02. The van der Waals surface area contributed by atoms with Crippen LogP contribution in [0.1, 0.15) is 31.0 Å². The van der Waals surface area contributed by atoms with Gasteiger partial charge < -0.3 is 5.73 Å². The average molecular weight is 236 g/mol. The molecule has 0 amide bonds. The predicted octanol–water partition coefficient (Wildman–Crippen LogP) is 2.50. The quantitative estimate of drug-likeness (QED) is 0.869. The van der Waals surface area contributed by atoms with Gasteiger partial charge in [-0.05, 0) is 37.0 Å². The molecule has 0 radical (unpaired) electrons. The molecule has 2 aromatic rings. The molecule has 1 aliphatic rings. The maximum atomic E-state index is 6.21. The molecule has 4 heteroatoms. The van der Waals surface area contributed by atoms with Crippen LogP contribution in [0.15, 0.2) is 18.3 Å². The highest BCUT2D eigenvalue weighted by Gasteiger charge is 2.40. The molecule has 0 unspecified atom stereocenters. The van der Waals surface area contributed by atoms with Crippen LogP contribution in [0.2, 0.25) is 5.15 Å². The molecule has 0 saturated heterocycles. The SMILES string of the molecule is CCc1nc2cc(C3(N)CC3)ccn2c1Cl. The van der Waals surface area contributed by atoms with Crippen molar-refractivity contribution in [1.29, 1.82) is 0 Å². The number of hydrogen-bond donors (Lipinski definition) is 1. The summed E-state index contributed by atoms with van der Waals surface area (Å²) in [6, 6.07) is 4.10. The largest absolute Gasteiger partial charge is 0.321 e. The minimum atomic E-state index is -0.105. The lowest BCUT2D eigenvalue weighted by Crippen LogP contribution is -2.18. The molecule has 1 saturated carbocycles. The maximum Gasteiger partial charge on any atom is 0.138 e. The molecule has 0 spiro atoms. The van der Waals surface area contributed by atoms with E-state index in [1.54, 1.807) is 0 Å². The van der Waals surface area contributed by atoms with Gasteiger partial charge in [-0.3, -0.25) is 4.40 Å². The van der Waals surface area contributed by atoms with Gasteiger partial charge in [-0.2, -0.15) is 0 Å². The molecule has 0 aromatic carbocycles. The van der Waals surface area contributed by atoms with Crippen LogP contribution in [0.3, 0.4) is 0 Å². The van der Waals surface area contributed by atoms with Crippen molar-refractivity contribution in [2.75, 3.05) is 0 Å². The highest BCUT2D eigenvalue weighted by atomic mass is 35.5. The fourth-order valence-corrected chi connectivity index (χ4v) is 2.34. The third-order valence-corrected chi connectivity index (χ3v) is 3.73. The normalized spacial score (nSPS) is 17.9. The van der Waals surface area contributed by atoms with Crippen LogP contribution in [0, 0.1) is 0 Å². The number of pyridine rings is 1. The Bertz CT molecular complexity index is 555. The lowest BCUT2D eigenvalue weighted by atomic mass is 10.1. The van der Waals surface area contributed by atoms with E-state index in [1.807, 2.05) is 16.7 Å². The van der Waals surface area contributed by atoms with Gasteiger partial charge in [-0.1, -0.05) is 18.5 Å². The zero-order chi connectivity index (χ0) is 11.3. The molecule has 3 nitrogen and oxygen atoms in total. The minimum absolute atomic E-state index is 0.105. The van der Waals surface area contributed by atoms with Crippen LogP contribution in [-0.4, -0.2) is 9.38 Å². The van der Waals surface area contributed by atoms with Crippen molar-refractivity contribution in [3.8, 4) is 0 Å². The molecule has 0 aliphatic heterocycles. The van der Waals surface area contributed by atoms with E-state index >= 15 is 0 Å². The second-order valence-corrected chi connectivity index (χ2v) is 4.86. The first kappa shape index (κ1) is 10.1. The van der Waals surface area contributed by atoms with Gasteiger partial charge in [0.25, 0.3) is 0 Å². The van der Waals surface area contributed by atoms with Crippen molar-refractivity contribution in [3.05, 3.63) is 34.7 Å². The number of aryl methyl sites for hydroxylation is 1. The predicted molar refractivity (Wildman–Crippen MR) is 64.7 cm³/mol. The van der Waals surface area contributed by atoms with E-state index in [9.17, 15) is 0 Å². The van der Waals surface area contributed by atoms with Gasteiger partial charge in [0.1, 0.15) is 10.8 Å². The molecule has 3 rings (SSSR count). The van der Waals surface area contributed by atoms with Crippen molar-refractivity contribution in [3.63, 3.8) is 0 Å². The van der Waals surface area contributed by atoms with Crippen molar-refractivity contribution < 1.29 is 0 Å². The van der Waals surface area contributed by atoms with Crippen molar-refractivity contribution in [2.45, 2.75) is 31.7 Å². The van der Waals surface area contributed by atoms with E-state index in [1.165, 1.54) is 5.56 Å². The Morgan fingerprint density at radius 3 is 2.94 bits per heavy atom. The Morgan fingerprint density at radius 2 is 2.31 bits per heavy atom. The van der Waals surface area contributed by atoms with Crippen LogP contribution in [0.5, 0.6) is 0 Å². The summed E-state index contributed by atoms with van der Waals surface area (Å²) in [5, 5.41) is 0.714. The average Bonchev–Trinajstić information content (AvgIpc) is 2.96. The van der Waals surface area contributed by atoms with E-state index in [0.717, 1.165) is 30.6 Å². The number of hydrogen-bond acceptors (Lipinski definition) is 2. The summed E-state index contributed by atoms with van der Waals surface area (Å²) >= 11 is 6.21. The third-order valence-electron chi connectivity index (χ3n) is 3.33. The first-order valence-corrected chi connectivity index (χ1v) is 5.98. The number of imidazole rings is 1. The monoisotopic (exact) mass is 235 g/mol. The van der Waals surface area contributed by atoms with Gasteiger partial charge in [0, 0.05) is 11.7 Å². The second kappa shape index (κ2) is 3.22. The van der Waals surface area contributed by atoms with Crippen LogP contribution in [0.4, 0.5) is 0 Å². The molecule has 84 valence electrons. The molecule has 0 bridgehead atoms. The van der Waals surface area contributed by atoms with E-state index in [-0.39, 0.29) is 5.54 Å². The summed E-state index contributed by atoms with van der Waals surface area (Å²) in [7, 11) is 0. The summed E-state index contributed by atoms with van der Waals surface area (Å²) in [4.78, 5) is 4.51. The van der Waals surface area contributed by atoms with Crippen molar-refractivity contribution >= 4 is 17.2 Å². The number of halogens is 1. The smallest absolute Gasteiger partial charge is 0.138 e. The van der Waals surface area contributed by atoms with Gasteiger partial charge in [0.05, 0.1) is 5.69 Å². The molecule has 2 heterocycles. The van der Waals surface area contributed by atoms with Crippen molar-refractivity contribution in [2.24, 2.45) is 5.73 Å². The van der Waals surface area contributed by atoms with Gasteiger partial charge in [0.2, 0.25) is 0 Å². The molecule has 16 heavy (non-hydrogen) atoms. The molecule has 2 aromatic heterocycles. The van der Waals surface area contributed by atoms with Gasteiger partial charge >= 0.3 is 0 Å². The van der Waals surface area contributed by atoms with Gasteiger partial charge in [-0.15, -0.1) is 0 Å². The zero-order valence-electron chi connectivity index (χ0n) is 9.20. The van der Waals surface area contributed by atoms with E-state index in [0.29, 0.717) is 5.15 Å². The van der Waals surface area contributed by atoms with E-state index < -0.39 is 0 Å². The van der Waals surface area contributed by atoms with Crippen LogP contribution in [0.25, 0.3) is 5.65 Å². The Hall–Kier alpha value is -1.06. The number of fused-ring (bicyclic) bond motifs is 1. The Balaban J connectivity index is 2.18. The Morgan fingerprint density at radius 1 is 1.56 bits per heavy atom. The topological polar surface area (TPSA) is 43.3 Å². The molecule has 0 atom stereocenters. The lowest BCUT2D eigenvalue weighted by molar-refractivity contribution is 0.738. The van der Waals surface area contributed by atoms with E-state index in [4.69, 9.17) is 17.3 Å². The van der Waals surface area contributed by atoms with Gasteiger partial charge in [-0.25, -0.2) is 4.98 Å². The number of nitrogens with two attached hydrogens (primary N) is 1. The molecule has 1 fully saturated rings. The van der Waals surface area contributed by atoms with E-state index in [2.05, 4.69) is 18.0 Å². The zero-order valence-corrected chi connectivity index (χ0v) is 9.96. The Kier molecular flexibility index (Phi) is 2.03. The fraction of sp³-hybridized carbons (Fsp3) is 0.417. The first-order chi connectivity index (χ1) is 7.64. The Labute approximate surface area is 99.2 Å². The molecular weight excluding hydrogens is 222 g/mol. The van der Waals surface area contributed by atoms with Gasteiger partial charge in [0.15, 0.2) is 0 Å². The summed E-state index contributed by atoms with van der Waals surface area (Å²) in [5.74, 6) is 0. The summed E-state index contributed by atoms with van der Waals surface area (Å²) in [6.07, 6.45) is 4.95. The third kappa shape index (κ3) is 1.35. The number of rotatable bonds is 2. The summed E-state index contributed by atoms with van der Waals surface area (Å²) in [6.45, 7) is 2.06. The molecule has 1 aliphatic carbocycles. The van der Waals surface area contributed by atoms with Crippen LogP contribution < -0.4 is 5.73 Å². The lowest BCUT2D eigenvalue weighted by Gasteiger charge is -2.08. The standard InChI is InChI=1S/C12H14ClN3/c1-2-9-11(13)16-6-3-8(7-10(16)15-9)12(14)4-5-12/h3,6-7H,2,4-5,14H2,1H3. The molecule has 2 N–H and O–H groups in total. The highest BCUT2D eigenvalue weighted by Crippen LogP contribution is 2.42. The maximum absolute atomic E-state index is 6.21. The minimum Gasteiger partial charge on any atom is -0.321 e. The molecular formula is C12H14ClN3. The number of aromatic nitrogens is 2.